The van der Waals surface area contributed by atoms with E-state index in [2.05, 4.69) is 47.0 Å². The van der Waals surface area contributed by atoms with Crippen molar-refractivity contribution in [1.29, 1.82) is 0 Å². The van der Waals surface area contributed by atoms with Gasteiger partial charge in [-0.2, -0.15) is 5.10 Å². The first-order valence-corrected chi connectivity index (χ1v) is 7.14. The fraction of sp³-hybridized carbons (Fsp3) is 0.500. The van der Waals surface area contributed by atoms with Crippen LogP contribution in [0.5, 0.6) is 0 Å². The molecule has 0 radical (unpaired) electrons. The zero-order valence-electron chi connectivity index (χ0n) is 10.3. The van der Waals surface area contributed by atoms with Crippen LogP contribution < -0.4 is 0 Å². The monoisotopic (exact) mass is 267 g/mol. The molecule has 2 heterocycles. The fourth-order valence-corrected chi connectivity index (χ4v) is 3.12. The molecule has 0 aliphatic carbocycles. The highest BCUT2D eigenvalue weighted by Gasteiger charge is 2.19. The van der Waals surface area contributed by atoms with Crippen molar-refractivity contribution < 1.29 is 0 Å². The van der Waals surface area contributed by atoms with Gasteiger partial charge in [0.15, 0.2) is 10.6 Å². The van der Waals surface area contributed by atoms with Crippen LogP contribution in [-0.4, -0.2) is 14.8 Å². The van der Waals surface area contributed by atoms with Crippen molar-refractivity contribution in [2.75, 3.05) is 0 Å². The van der Waals surface area contributed by atoms with E-state index in [0.717, 1.165) is 17.1 Å². The van der Waals surface area contributed by atoms with E-state index >= 15 is 0 Å². The van der Waals surface area contributed by atoms with Gasteiger partial charge in [0.1, 0.15) is 0 Å². The number of hydrogen-bond acceptors (Lipinski definition) is 3. The van der Waals surface area contributed by atoms with Crippen LogP contribution in [-0.2, 0) is 0 Å². The second-order valence-electron chi connectivity index (χ2n) is 4.42. The molecule has 0 saturated carbocycles. The lowest BCUT2D eigenvalue weighted by atomic mass is 10.0. The van der Waals surface area contributed by atoms with Gasteiger partial charge >= 0.3 is 0 Å². The molecule has 0 spiro atoms. The Kier molecular flexibility index (Phi) is 3.79. The maximum absolute atomic E-state index is 5.36. The second kappa shape index (κ2) is 5.14. The van der Waals surface area contributed by atoms with Crippen LogP contribution in [0.25, 0.3) is 10.7 Å². The Morgan fingerprint density at radius 2 is 2.29 bits per heavy atom. The van der Waals surface area contributed by atoms with E-state index in [0.29, 0.717) is 16.7 Å². The molecule has 1 atom stereocenters. The number of aromatic amines is 1. The third kappa shape index (κ3) is 2.35. The van der Waals surface area contributed by atoms with Crippen molar-refractivity contribution in [1.82, 2.24) is 14.8 Å². The molecule has 0 aromatic carbocycles. The van der Waals surface area contributed by atoms with Crippen LogP contribution in [0.2, 0.25) is 0 Å². The first-order valence-electron chi connectivity index (χ1n) is 5.86. The minimum atomic E-state index is 0.401. The molecule has 3 nitrogen and oxygen atoms in total. The number of thiophene rings is 1. The molecule has 92 valence electrons. The van der Waals surface area contributed by atoms with Gasteiger partial charge in [-0.25, -0.2) is 0 Å². The molecule has 0 aliphatic rings. The summed E-state index contributed by atoms with van der Waals surface area (Å²) in [5, 5.41) is 9.35. The number of hydrogen-bond donors (Lipinski definition) is 1. The topological polar surface area (TPSA) is 33.6 Å². The number of nitrogens with one attached hydrogen (secondary N) is 1. The minimum Gasteiger partial charge on any atom is -0.296 e. The Morgan fingerprint density at radius 1 is 1.53 bits per heavy atom. The molecule has 0 bridgehead atoms. The van der Waals surface area contributed by atoms with Crippen molar-refractivity contribution in [2.24, 2.45) is 5.92 Å². The number of rotatable bonds is 4. The highest BCUT2D eigenvalue weighted by Crippen LogP contribution is 2.30. The average molecular weight is 267 g/mol. The molecule has 0 fully saturated rings. The smallest absolute Gasteiger partial charge is 0.195 e. The lowest BCUT2D eigenvalue weighted by Crippen LogP contribution is -2.15. The maximum atomic E-state index is 5.36. The van der Waals surface area contributed by atoms with E-state index in [1.807, 2.05) is 6.07 Å². The molecule has 5 heteroatoms. The van der Waals surface area contributed by atoms with E-state index in [-0.39, 0.29) is 0 Å². The summed E-state index contributed by atoms with van der Waals surface area (Å²) < 4.78 is 2.88. The summed E-state index contributed by atoms with van der Waals surface area (Å²) >= 11 is 7.05. The Bertz CT molecular complexity index is 522. The molecule has 2 rings (SSSR count). The van der Waals surface area contributed by atoms with Crippen molar-refractivity contribution >= 4 is 23.6 Å². The highest BCUT2D eigenvalue weighted by atomic mass is 32.1. The molecule has 2 aromatic heterocycles. The van der Waals surface area contributed by atoms with Crippen LogP contribution in [0, 0.1) is 10.7 Å². The number of H-pyrrole nitrogens is 1. The maximum Gasteiger partial charge on any atom is 0.195 e. The van der Waals surface area contributed by atoms with Crippen LogP contribution >= 0.6 is 23.6 Å². The van der Waals surface area contributed by atoms with Crippen molar-refractivity contribution in [3.63, 3.8) is 0 Å². The molecule has 1 unspecified atom stereocenters. The first-order chi connectivity index (χ1) is 8.15. The standard InChI is InChI=1S/C12H17N3S2/c1-4-9(8(2)3)15-11(13-14-12(15)16)10-6-5-7-17-10/h5-9H,4H2,1-3H3,(H,14,16). The molecule has 0 saturated heterocycles. The van der Waals surface area contributed by atoms with Crippen LogP contribution in [0.3, 0.4) is 0 Å². The van der Waals surface area contributed by atoms with E-state index in [1.54, 1.807) is 11.3 Å². The Hall–Kier alpha value is -0.940. The highest BCUT2D eigenvalue weighted by molar-refractivity contribution is 7.71. The second-order valence-corrected chi connectivity index (χ2v) is 5.75. The summed E-state index contributed by atoms with van der Waals surface area (Å²) in [7, 11) is 0. The van der Waals surface area contributed by atoms with Crippen LogP contribution in [0.4, 0.5) is 0 Å². The summed E-state index contributed by atoms with van der Waals surface area (Å²) in [6, 6.07) is 4.52. The van der Waals surface area contributed by atoms with Crippen molar-refractivity contribution in [3.8, 4) is 10.7 Å². The summed E-state index contributed by atoms with van der Waals surface area (Å²) in [4.78, 5) is 1.16. The van der Waals surface area contributed by atoms with Gasteiger partial charge in [-0.1, -0.05) is 26.8 Å². The Labute approximate surface area is 111 Å². The Morgan fingerprint density at radius 3 is 2.82 bits per heavy atom. The average Bonchev–Trinajstić information content (AvgIpc) is 2.89. The van der Waals surface area contributed by atoms with Gasteiger partial charge < -0.3 is 0 Å². The molecular formula is C12H17N3S2. The van der Waals surface area contributed by atoms with Gasteiger partial charge in [0, 0.05) is 6.04 Å². The molecule has 2 aromatic rings. The van der Waals surface area contributed by atoms with Gasteiger partial charge in [-0.05, 0) is 36.0 Å². The largest absolute Gasteiger partial charge is 0.296 e. The SMILES string of the molecule is CCC(C(C)C)n1c(-c2cccs2)n[nH]c1=S. The fourth-order valence-electron chi connectivity index (χ4n) is 2.14. The molecule has 0 aliphatic heterocycles. The van der Waals surface area contributed by atoms with Crippen LogP contribution in [0.15, 0.2) is 17.5 Å². The van der Waals surface area contributed by atoms with Gasteiger partial charge in [-0.15, -0.1) is 11.3 Å². The van der Waals surface area contributed by atoms with E-state index in [1.165, 1.54) is 0 Å². The van der Waals surface area contributed by atoms with Gasteiger partial charge in [-0.3, -0.25) is 9.67 Å². The minimum absolute atomic E-state index is 0.401. The predicted molar refractivity (Wildman–Crippen MR) is 74.9 cm³/mol. The van der Waals surface area contributed by atoms with Crippen LogP contribution in [0.1, 0.15) is 33.2 Å². The third-order valence-electron chi connectivity index (χ3n) is 2.97. The lowest BCUT2D eigenvalue weighted by molar-refractivity contribution is 0.365. The molecule has 17 heavy (non-hydrogen) atoms. The van der Waals surface area contributed by atoms with E-state index < -0.39 is 0 Å². The quantitative estimate of drug-likeness (QED) is 0.839. The molecular weight excluding hydrogens is 250 g/mol. The van der Waals surface area contributed by atoms with E-state index in [9.17, 15) is 0 Å². The number of aromatic nitrogens is 3. The van der Waals surface area contributed by atoms with Crippen molar-refractivity contribution in [3.05, 3.63) is 22.3 Å². The first kappa shape index (κ1) is 12.5. The zero-order chi connectivity index (χ0) is 12.4. The Balaban J connectivity index is 2.53. The predicted octanol–water partition coefficient (Wildman–Crippen LogP) is 4.28. The zero-order valence-corrected chi connectivity index (χ0v) is 11.9. The van der Waals surface area contributed by atoms with Gasteiger partial charge in [0.2, 0.25) is 0 Å². The van der Waals surface area contributed by atoms with E-state index in [4.69, 9.17) is 12.2 Å². The van der Waals surface area contributed by atoms with Gasteiger partial charge in [0.05, 0.1) is 4.88 Å². The summed E-state index contributed by atoms with van der Waals surface area (Å²) in [6.07, 6.45) is 1.06. The lowest BCUT2D eigenvalue weighted by Gasteiger charge is -2.21. The molecule has 0 amide bonds. The van der Waals surface area contributed by atoms with Gasteiger partial charge in [0.25, 0.3) is 0 Å². The number of nitrogens with zero attached hydrogens (tertiary/aromatic N) is 2. The third-order valence-corrected chi connectivity index (χ3v) is 4.12. The summed E-state index contributed by atoms with van der Waals surface area (Å²) in [5.41, 5.74) is 0. The molecule has 1 N–H and O–H groups in total. The summed E-state index contributed by atoms with van der Waals surface area (Å²) in [6.45, 7) is 6.64. The summed E-state index contributed by atoms with van der Waals surface area (Å²) in [5.74, 6) is 1.51. The van der Waals surface area contributed by atoms with Crippen molar-refractivity contribution in [2.45, 2.75) is 33.2 Å². The normalized spacial score (nSPS) is 13.2.